The number of benzene rings is 1. The Morgan fingerprint density at radius 2 is 2.15 bits per heavy atom. The minimum atomic E-state index is 0.228. The van der Waals surface area contributed by atoms with Crippen LogP contribution in [0.3, 0.4) is 0 Å². The zero-order valence-corrected chi connectivity index (χ0v) is 13.1. The second-order valence-corrected chi connectivity index (χ2v) is 6.31. The third-order valence-corrected chi connectivity index (χ3v) is 4.51. The molecule has 0 radical (unpaired) electrons. The number of ketones is 1. The molecule has 0 aromatic heterocycles. The van der Waals surface area contributed by atoms with E-state index in [4.69, 9.17) is 0 Å². The zero-order chi connectivity index (χ0) is 14.5. The Morgan fingerprint density at radius 3 is 2.85 bits per heavy atom. The van der Waals surface area contributed by atoms with Gasteiger partial charge in [-0.3, -0.25) is 4.79 Å². The largest absolute Gasteiger partial charge is 0.374 e. The van der Waals surface area contributed by atoms with Crippen LogP contribution in [0.2, 0.25) is 0 Å². The number of nitrogens with zero attached hydrogens (tertiary/aromatic N) is 1. The van der Waals surface area contributed by atoms with Gasteiger partial charge in [-0.2, -0.15) is 0 Å². The molecule has 1 aliphatic carbocycles. The average molecular weight is 273 g/mol. The van der Waals surface area contributed by atoms with Crippen molar-refractivity contribution in [3.05, 3.63) is 29.8 Å². The molecule has 0 bridgehead atoms. The molecule has 0 amide bonds. The van der Waals surface area contributed by atoms with E-state index in [0.717, 1.165) is 31.7 Å². The highest BCUT2D eigenvalue weighted by molar-refractivity contribution is 5.82. The highest BCUT2D eigenvalue weighted by atomic mass is 16.1. The quantitative estimate of drug-likeness (QED) is 0.800. The molecule has 1 aliphatic rings. The second-order valence-electron chi connectivity index (χ2n) is 6.31. The number of carbonyl (C=O) groups excluding carboxylic acids is 1. The molecule has 0 N–H and O–H groups in total. The van der Waals surface area contributed by atoms with E-state index in [1.165, 1.54) is 24.1 Å². The molecule has 2 unspecified atom stereocenters. The van der Waals surface area contributed by atoms with Gasteiger partial charge in [0.1, 0.15) is 5.78 Å². The van der Waals surface area contributed by atoms with Crippen LogP contribution in [-0.4, -0.2) is 19.4 Å². The van der Waals surface area contributed by atoms with Crippen LogP contribution in [0.4, 0.5) is 5.69 Å². The molecule has 20 heavy (non-hydrogen) atoms. The predicted molar refractivity (Wildman–Crippen MR) is 85.2 cm³/mol. The first-order valence-electron chi connectivity index (χ1n) is 7.90. The molecule has 1 saturated carbocycles. The summed E-state index contributed by atoms with van der Waals surface area (Å²) < 4.78 is 0. The summed E-state index contributed by atoms with van der Waals surface area (Å²) in [7, 11) is 2.10. The lowest BCUT2D eigenvalue weighted by molar-refractivity contribution is -0.125. The third-order valence-electron chi connectivity index (χ3n) is 4.51. The van der Waals surface area contributed by atoms with Crippen LogP contribution in [0, 0.1) is 18.8 Å². The van der Waals surface area contributed by atoms with Crippen molar-refractivity contribution in [3.8, 4) is 0 Å². The number of aryl methyl sites for hydroxylation is 1. The molecule has 0 heterocycles. The van der Waals surface area contributed by atoms with Gasteiger partial charge in [0.25, 0.3) is 0 Å². The standard InChI is InChI=1S/C18H27NO/c1-4-6-15-9-10-18(20)16(12-15)13-19(3)17-8-5-7-14(2)11-17/h5,7-8,11,15-16H,4,6,9-10,12-13H2,1-3H3. The first-order chi connectivity index (χ1) is 9.60. The zero-order valence-electron chi connectivity index (χ0n) is 13.1. The first-order valence-corrected chi connectivity index (χ1v) is 7.90. The number of anilines is 1. The summed E-state index contributed by atoms with van der Waals surface area (Å²) in [6, 6.07) is 8.52. The van der Waals surface area contributed by atoms with Gasteiger partial charge in [-0.05, 0) is 43.4 Å². The summed E-state index contributed by atoms with van der Waals surface area (Å²) in [6.45, 7) is 5.22. The van der Waals surface area contributed by atoms with Crippen LogP contribution < -0.4 is 4.90 Å². The van der Waals surface area contributed by atoms with Gasteiger partial charge in [-0.15, -0.1) is 0 Å². The fourth-order valence-corrected chi connectivity index (χ4v) is 3.35. The number of rotatable bonds is 5. The van der Waals surface area contributed by atoms with Gasteiger partial charge in [0, 0.05) is 31.6 Å². The van der Waals surface area contributed by atoms with Crippen molar-refractivity contribution in [2.24, 2.45) is 11.8 Å². The van der Waals surface area contributed by atoms with Gasteiger partial charge in [-0.1, -0.05) is 31.9 Å². The van der Waals surface area contributed by atoms with Crippen LogP contribution in [0.5, 0.6) is 0 Å². The lowest BCUT2D eigenvalue weighted by Crippen LogP contribution is -2.34. The Labute approximate surface area is 123 Å². The highest BCUT2D eigenvalue weighted by Gasteiger charge is 2.29. The summed E-state index contributed by atoms with van der Waals surface area (Å²) in [5.41, 5.74) is 2.49. The van der Waals surface area contributed by atoms with Crippen molar-refractivity contribution >= 4 is 11.5 Å². The van der Waals surface area contributed by atoms with E-state index in [0.29, 0.717) is 5.78 Å². The Kier molecular flexibility index (Phi) is 5.22. The molecule has 0 aliphatic heterocycles. The van der Waals surface area contributed by atoms with Gasteiger partial charge in [0.2, 0.25) is 0 Å². The van der Waals surface area contributed by atoms with Crippen LogP contribution >= 0.6 is 0 Å². The summed E-state index contributed by atoms with van der Waals surface area (Å²) >= 11 is 0. The van der Waals surface area contributed by atoms with Gasteiger partial charge in [-0.25, -0.2) is 0 Å². The number of carbonyl (C=O) groups is 1. The predicted octanol–water partition coefficient (Wildman–Crippen LogP) is 4.22. The van der Waals surface area contributed by atoms with E-state index in [9.17, 15) is 4.79 Å². The van der Waals surface area contributed by atoms with E-state index in [-0.39, 0.29) is 5.92 Å². The Bertz CT molecular complexity index is 454. The van der Waals surface area contributed by atoms with Gasteiger partial charge < -0.3 is 4.90 Å². The molecule has 2 atom stereocenters. The number of hydrogen-bond donors (Lipinski definition) is 0. The van der Waals surface area contributed by atoms with Crippen molar-refractivity contribution in [2.45, 2.75) is 46.0 Å². The summed E-state index contributed by atoms with van der Waals surface area (Å²) in [5, 5.41) is 0. The summed E-state index contributed by atoms with van der Waals surface area (Å²) in [4.78, 5) is 14.4. The lowest BCUT2D eigenvalue weighted by atomic mass is 9.78. The van der Waals surface area contributed by atoms with E-state index in [1.807, 2.05) is 0 Å². The SMILES string of the molecule is CCCC1CCC(=O)C(CN(C)c2cccc(C)c2)C1. The summed E-state index contributed by atoms with van der Waals surface area (Å²) in [5.74, 6) is 1.45. The maximum absolute atomic E-state index is 12.2. The van der Waals surface area contributed by atoms with Gasteiger partial charge in [0.15, 0.2) is 0 Å². The van der Waals surface area contributed by atoms with Crippen molar-refractivity contribution in [1.29, 1.82) is 0 Å². The maximum atomic E-state index is 12.2. The second kappa shape index (κ2) is 6.92. The van der Waals surface area contributed by atoms with E-state index in [1.54, 1.807) is 0 Å². The molecule has 2 rings (SSSR count). The Balaban J connectivity index is 1.98. The van der Waals surface area contributed by atoms with Crippen molar-refractivity contribution in [1.82, 2.24) is 0 Å². The lowest BCUT2D eigenvalue weighted by Gasteiger charge is -2.31. The Morgan fingerprint density at radius 1 is 1.35 bits per heavy atom. The van der Waals surface area contributed by atoms with Crippen LogP contribution in [0.15, 0.2) is 24.3 Å². The minimum Gasteiger partial charge on any atom is -0.374 e. The minimum absolute atomic E-state index is 0.228. The maximum Gasteiger partial charge on any atom is 0.137 e. The van der Waals surface area contributed by atoms with Crippen molar-refractivity contribution in [2.75, 3.05) is 18.5 Å². The van der Waals surface area contributed by atoms with Gasteiger partial charge >= 0.3 is 0 Å². The van der Waals surface area contributed by atoms with Crippen molar-refractivity contribution < 1.29 is 4.79 Å². The fourth-order valence-electron chi connectivity index (χ4n) is 3.35. The van der Waals surface area contributed by atoms with E-state index in [2.05, 4.69) is 50.1 Å². The normalized spacial score (nSPS) is 22.9. The number of Topliss-reactive ketones (excluding diaryl/α,β-unsaturated/α-hetero) is 1. The van der Waals surface area contributed by atoms with Crippen LogP contribution in [0.1, 0.15) is 44.6 Å². The molecule has 0 saturated heterocycles. The molecule has 110 valence electrons. The van der Waals surface area contributed by atoms with E-state index < -0.39 is 0 Å². The third kappa shape index (κ3) is 3.84. The smallest absolute Gasteiger partial charge is 0.137 e. The van der Waals surface area contributed by atoms with E-state index >= 15 is 0 Å². The van der Waals surface area contributed by atoms with Gasteiger partial charge in [0.05, 0.1) is 0 Å². The molecule has 1 aromatic carbocycles. The Hall–Kier alpha value is -1.31. The summed E-state index contributed by atoms with van der Waals surface area (Å²) in [6.07, 6.45) is 5.49. The molecule has 0 spiro atoms. The van der Waals surface area contributed by atoms with Crippen molar-refractivity contribution in [3.63, 3.8) is 0 Å². The average Bonchev–Trinajstić information content (AvgIpc) is 2.43. The molecule has 2 nitrogen and oxygen atoms in total. The molecule has 2 heteroatoms. The topological polar surface area (TPSA) is 20.3 Å². The first kappa shape index (κ1) is 15.1. The number of hydrogen-bond acceptors (Lipinski definition) is 2. The molecular weight excluding hydrogens is 246 g/mol. The molecule has 1 aromatic rings. The molecular formula is C18H27NO. The monoisotopic (exact) mass is 273 g/mol. The van der Waals surface area contributed by atoms with Crippen LogP contribution in [0.25, 0.3) is 0 Å². The molecule has 1 fully saturated rings. The van der Waals surface area contributed by atoms with Crippen LogP contribution in [-0.2, 0) is 4.79 Å². The fraction of sp³-hybridized carbons (Fsp3) is 0.611. The highest BCUT2D eigenvalue weighted by Crippen LogP contribution is 2.31.